The van der Waals surface area contributed by atoms with Crippen molar-refractivity contribution >= 4 is 35.4 Å². The molecule has 0 aliphatic carbocycles. The van der Waals surface area contributed by atoms with E-state index >= 15 is 0 Å². The minimum atomic E-state index is -1.14. The van der Waals surface area contributed by atoms with Gasteiger partial charge in [0.2, 0.25) is 11.9 Å². The van der Waals surface area contributed by atoms with Crippen LogP contribution in [0, 0.1) is 19.7 Å². The maximum Gasteiger partial charge on any atom is 0.408 e. The molecule has 3 aromatic rings. The van der Waals surface area contributed by atoms with E-state index < -0.39 is 29.6 Å². The SMILES string of the molecule is Cc1nc(Nc2ccc(F)cc2)nc(N2CCc3ccc(OC(=O)[C@H](CCC(N)=O)NC(=O)OC(C)(C)C)cc3C2C)c1C. The van der Waals surface area contributed by atoms with E-state index in [0.717, 1.165) is 34.6 Å². The second-order valence-electron chi connectivity index (χ2n) is 11.8. The summed E-state index contributed by atoms with van der Waals surface area (Å²) in [5, 5.41) is 5.65. The van der Waals surface area contributed by atoms with Gasteiger partial charge in [-0.15, -0.1) is 0 Å². The first-order chi connectivity index (χ1) is 20.7. The number of aryl methyl sites for hydroxylation is 1. The van der Waals surface area contributed by atoms with Crippen molar-refractivity contribution in [1.29, 1.82) is 0 Å². The van der Waals surface area contributed by atoms with Gasteiger partial charge in [0.15, 0.2) is 0 Å². The van der Waals surface area contributed by atoms with Crippen LogP contribution in [0.25, 0.3) is 0 Å². The molecule has 2 amide bonds. The van der Waals surface area contributed by atoms with Crippen LogP contribution < -0.4 is 26.0 Å². The van der Waals surface area contributed by atoms with Crippen molar-refractivity contribution in [3.8, 4) is 5.75 Å². The smallest absolute Gasteiger partial charge is 0.408 e. The lowest BCUT2D eigenvalue weighted by atomic mass is 9.93. The summed E-state index contributed by atoms with van der Waals surface area (Å²) in [6, 6.07) is 10.2. The van der Waals surface area contributed by atoms with Gasteiger partial charge in [-0.05, 0) is 102 Å². The first-order valence-corrected chi connectivity index (χ1v) is 14.5. The van der Waals surface area contributed by atoms with E-state index in [9.17, 15) is 18.8 Å². The van der Waals surface area contributed by atoms with E-state index in [1.165, 1.54) is 12.1 Å². The predicted molar refractivity (Wildman–Crippen MR) is 164 cm³/mol. The summed E-state index contributed by atoms with van der Waals surface area (Å²) in [4.78, 5) is 48.5. The fourth-order valence-corrected chi connectivity index (χ4v) is 4.93. The van der Waals surface area contributed by atoms with Crippen LogP contribution in [0.1, 0.15) is 69.0 Å². The number of anilines is 3. The molecule has 4 rings (SSSR count). The molecule has 44 heavy (non-hydrogen) atoms. The number of nitrogens with zero attached hydrogens (tertiary/aromatic N) is 3. The lowest BCUT2D eigenvalue weighted by molar-refractivity contribution is -0.137. The number of amides is 2. The van der Waals surface area contributed by atoms with Crippen molar-refractivity contribution in [1.82, 2.24) is 15.3 Å². The maximum absolute atomic E-state index is 13.4. The van der Waals surface area contributed by atoms with Crippen LogP contribution in [-0.4, -0.2) is 46.1 Å². The van der Waals surface area contributed by atoms with Crippen molar-refractivity contribution in [3.63, 3.8) is 0 Å². The molecule has 2 heterocycles. The first kappa shape index (κ1) is 32.2. The molecular weight excluding hydrogens is 567 g/mol. The van der Waals surface area contributed by atoms with Gasteiger partial charge < -0.3 is 30.7 Å². The molecule has 0 fully saturated rings. The summed E-state index contributed by atoms with van der Waals surface area (Å²) in [6.07, 6.45) is -0.231. The van der Waals surface area contributed by atoms with Crippen molar-refractivity contribution < 1.29 is 28.2 Å². The molecule has 234 valence electrons. The van der Waals surface area contributed by atoms with Crippen molar-refractivity contribution in [2.75, 3.05) is 16.8 Å². The van der Waals surface area contributed by atoms with Crippen molar-refractivity contribution in [3.05, 3.63) is 70.7 Å². The number of carbonyl (C=O) groups is 3. The number of fused-ring (bicyclic) bond motifs is 1. The largest absolute Gasteiger partial charge is 0.444 e. The molecule has 0 radical (unpaired) electrons. The molecule has 1 unspecified atom stereocenters. The molecule has 1 aliphatic rings. The second-order valence-corrected chi connectivity index (χ2v) is 11.8. The summed E-state index contributed by atoms with van der Waals surface area (Å²) in [7, 11) is 0. The third-order valence-corrected chi connectivity index (χ3v) is 7.27. The normalized spacial score (nSPS) is 15.2. The highest BCUT2D eigenvalue weighted by molar-refractivity contribution is 5.84. The number of nitrogens with two attached hydrogens (primary N) is 1. The number of nitrogens with one attached hydrogen (secondary N) is 2. The number of primary amides is 1. The highest BCUT2D eigenvalue weighted by Crippen LogP contribution is 2.37. The number of benzene rings is 2. The maximum atomic E-state index is 13.4. The monoisotopic (exact) mass is 606 g/mol. The molecule has 0 bridgehead atoms. The van der Waals surface area contributed by atoms with Crippen LogP contribution >= 0.6 is 0 Å². The van der Waals surface area contributed by atoms with Crippen molar-refractivity contribution in [2.45, 2.75) is 78.5 Å². The number of halogens is 1. The van der Waals surface area contributed by atoms with E-state index in [1.54, 1.807) is 39.0 Å². The van der Waals surface area contributed by atoms with Gasteiger partial charge >= 0.3 is 12.1 Å². The highest BCUT2D eigenvalue weighted by Gasteiger charge is 2.30. The van der Waals surface area contributed by atoms with E-state index in [0.29, 0.717) is 23.9 Å². The second kappa shape index (κ2) is 13.3. The van der Waals surface area contributed by atoms with Crippen LogP contribution in [0.2, 0.25) is 0 Å². The van der Waals surface area contributed by atoms with Crippen LogP contribution in [0.4, 0.5) is 26.6 Å². The van der Waals surface area contributed by atoms with Gasteiger partial charge in [0.05, 0.1) is 6.04 Å². The zero-order valence-corrected chi connectivity index (χ0v) is 25.9. The Bertz CT molecular complexity index is 1540. The molecule has 0 spiro atoms. The minimum Gasteiger partial charge on any atom is -0.444 e. The number of aromatic nitrogens is 2. The molecule has 1 aromatic heterocycles. The summed E-state index contributed by atoms with van der Waals surface area (Å²) in [5.41, 5.74) is 8.98. The topological polar surface area (TPSA) is 149 Å². The van der Waals surface area contributed by atoms with E-state index in [4.69, 9.17) is 20.2 Å². The van der Waals surface area contributed by atoms with Crippen LogP contribution in [0.15, 0.2) is 42.5 Å². The summed E-state index contributed by atoms with van der Waals surface area (Å²) < 4.78 is 24.3. The highest BCUT2D eigenvalue weighted by atomic mass is 19.1. The molecule has 1 aliphatic heterocycles. The Morgan fingerprint density at radius 1 is 1.11 bits per heavy atom. The van der Waals surface area contributed by atoms with Crippen molar-refractivity contribution in [2.24, 2.45) is 5.73 Å². The lowest BCUT2D eigenvalue weighted by Gasteiger charge is -2.37. The summed E-state index contributed by atoms with van der Waals surface area (Å²) >= 11 is 0. The van der Waals surface area contributed by atoms with Gasteiger partial charge in [-0.1, -0.05) is 6.07 Å². The first-order valence-electron chi connectivity index (χ1n) is 14.5. The van der Waals surface area contributed by atoms with Gasteiger partial charge in [0, 0.05) is 29.9 Å². The number of alkyl carbamates (subject to hydrolysis) is 1. The Morgan fingerprint density at radius 3 is 2.48 bits per heavy atom. The fourth-order valence-electron chi connectivity index (χ4n) is 4.93. The zero-order valence-electron chi connectivity index (χ0n) is 25.9. The zero-order chi connectivity index (χ0) is 32.2. The van der Waals surface area contributed by atoms with Crippen LogP contribution in [0.5, 0.6) is 5.75 Å². The average Bonchev–Trinajstić information content (AvgIpc) is 2.93. The molecule has 0 saturated heterocycles. The Balaban J connectivity index is 1.54. The third-order valence-electron chi connectivity index (χ3n) is 7.27. The Labute approximate surface area is 256 Å². The number of hydrogen-bond donors (Lipinski definition) is 3. The molecule has 2 aromatic carbocycles. The van der Waals surface area contributed by atoms with Crippen LogP contribution in [0.3, 0.4) is 0 Å². The van der Waals surface area contributed by atoms with E-state index in [-0.39, 0.29) is 24.7 Å². The van der Waals surface area contributed by atoms with E-state index in [2.05, 4.69) is 20.5 Å². The lowest BCUT2D eigenvalue weighted by Crippen LogP contribution is -2.45. The quantitative estimate of drug-likeness (QED) is 0.222. The Kier molecular flexibility index (Phi) is 9.71. The number of carbonyl (C=O) groups excluding carboxylic acids is 3. The Hall–Kier alpha value is -4.74. The standard InChI is InChI=1S/C32H39FN6O5/c1-18-19(2)35-30(36-23-10-8-22(33)9-11-23)38-28(18)39-16-15-21-7-12-24(17-25(21)20(39)3)43-29(41)26(13-14-27(34)40)37-31(42)44-32(4,5)6/h7-12,17,20,26H,13-16H2,1-6H3,(H2,34,40)(H,37,42)(H,35,36,38)/t20?,26-/m0/s1. The van der Waals surface area contributed by atoms with E-state index in [1.807, 2.05) is 32.9 Å². The Morgan fingerprint density at radius 2 is 1.82 bits per heavy atom. The predicted octanol–water partition coefficient (Wildman–Crippen LogP) is 5.16. The molecule has 0 saturated carbocycles. The third kappa shape index (κ3) is 8.21. The summed E-state index contributed by atoms with van der Waals surface area (Å²) in [5.74, 6) is -0.222. The summed E-state index contributed by atoms with van der Waals surface area (Å²) in [6.45, 7) is 11.7. The van der Waals surface area contributed by atoms with Gasteiger partial charge in [-0.2, -0.15) is 4.98 Å². The minimum absolute atomic E-state index is 0.0385. The number of hydrogen-bond acceptors (Lipinski definition) is 9. The number of ether oxygens (including phenoxy) is 2. The molecule has 2 atom stereocenters. The van der Waals surface area contributed by atoms with Gasteiger partial charge in [-0.3, -0.25) is 4.79 Å². The molecule has 12 heteroatoms. The number of rotatable bonds is 9. The fraction of sp³-hybridized carbons (Fsp3) is 0.406. The van der Waals surface area contributed by atoms with Gasteiger partial charge in [0.25, 0.3) is 0 Å². The molecular formula is C32H39FN6O5. The average molecular weight is 607 g/mol. The van der Waals surface area contributed by atoms with Crippen LogP contribution in [-0.2, 0) is 20.7 Å². The van der Waals surface area contributed by atoms with Gasteiger partial charge in [0.1, 0.15) is 29.0 Å². The van der Waals surface area contributed by atoms with Gasteiger partial charge in [-0.25, -0.2) is 19.0 Å². The molecule has 4 N–H and O–H groups in total. The molecule has 11 nitrogen and oxygen atoms in total. The number of esters is 1.